The maximum absolute atomic E-state index is 12.0. The molecule has 1 aromatic heterocycles. The number of nitrogens with one attached hydrogen (secondary N) is 2. The van der Waals surface area contributed by atoms with Gasteiger partial charge >= 0.3 is 0 Å². The van der Waals surface area contributed by atoms with Crippen molar-refractivity contribution in [2.75, 3.05) is 0 Å². The average Bonchev–Trinajstić information content (AvgIpc) is 2.76. The highest BCUT2D eigenvalue weighted by Crippen LogP contribution is 2.26. The molecule has 1 saturated carbocycles. The first-order valence-corrected chi connectivity index (χ1v) is 6.49. The molecule has 1 aliphatic carbocycles. The monoisotopic (exact) mass is 235 g/mol. The zero-order chi connectivity index (χ0) is 12.3. The summed E-state index contributed by atoms with van der Waals surface area (Å²) >= 11 is 0. The van der Waals surface area contributed by atoms with E-state index in [-0.39, 0.29) is 11.9 Å². The van der Waals surface area contributed by atoms with Crippen LogP contribution in [0.25, 0.3) is 0 Å². The molecule has 1 aromatic rings. The fourth-order valence-electron chi connectivity index (χ4n) is 2.61. The van der Waals surface area contributed by atoms with Gasteiger partial charge in [-0.25, -0.2) is 0 Å². The Kier molecular flexibility index (Phi) is 3.82. The highest BCUT2D eigenvalue weighted by Gasteiger charge is 2.22. The molecule has 4 heteroatoms. The van der Waals surface area contributed by atoms with Crippen molar-refractivity contribution in [3.8, 4) is 0 Å². The van der Waals surface area contributed by atoms with Crippen LogP contribution in [0.15, 0.2) is 6.20 Å². The van der Waals surface area contributed by atoms with E-state index in [9.17, 15) is 4.79 Å². The number of carbonyl (C=O) groups is 1. The molecular formula is C13H21N3O. The second kappa shape index (κ2) is 5.34. The smallest absolute Gasteiger partial charge is 0.269 e. The van der Waals surface area contributed by atoms with E-state index in [4.69, 9.17) is 0 Å². The summed E-state index contributed by atoms with van der Waals surface area (Å²) in [6.45, 7) is 4.00. The van der Waals surface area contributed by atoms with E-state index >= 15 is 0 Å². The summed E-state index contributed by atoms with van der Waals surface area (Å²) in [6, 6.07) is 0.255. The van der Waals surface area contributed by atoms with E-state index in [1.165, 1.54) is 32.1 Å². The second-order valence-electron chi connectivity index (χ2n) is 5.09. The number of aromatic amines is 1. The molecule has 17 heavy (non-hydrogen) atoms. The van der Waals surface area contributed by atoms with Gasteiger partial charge in [-0.05, 0) is 38.2 Å². The number of hydrogen-bond donors (Lipinski definition) is 2. The maximum Gasteiger partial charge on any atom is 0.269 e. The second-order valence-corrected chi connectivity index (χ2v) is 5.09. The van der Waals surface area contributed by atoms with Crippen LogP contribution in [0.4, 0.5) is 0 Å². The largest absolute Gasteiger partial charge is 0.348 e. The number of H-pyrrole nitrogens is 1. The van der Waals surface area contributed by atoms with E-state index in [1.807, 2.05) is 6.92 Å². The highest BCUT2D eigenvalue weighted by atomic mass is 16.2. The molecule has 0 unspecified atom stereocenters. The Morgan fingerprint density at radius 1 is 1.47 bits per heavy atom. The van der Waals surface area contributed by atoms with E-state index < -0.39 is 0 Å². The van der Waals surface area contributed by atoms with Gasteiger partial charge in [0.25, 0.3) is 5.91 Å². The molecule has 1 amide bonds. The van der Waals surface area contributed by atoms with Crippen LogP contribution >= 0.6 is 0 Å². The lowest BCUT2D eigenvalue weighted by Gasteiger charge is -2.28. The summed E-state index contributed by atoms with van der Waals surface area (Å²) in [5.74, 6) is 0.606. The number of nitrogens with zero attached hydrogens (tertiary/aromatic N) is 1. The molecule has 2 rings (SSSR count). The minimum atomic E-state index is -0.0296. The van der Waals surface area contributed by atoms with Crippen LogP contribution < -0.4 is 5.32 Å². The molecule has 94 valence electrons. The lowest BCUT2D eigenvalue weighted by molar-refractivity contribution is 0.0913. The Labute approximate surface area is 102 Å². The summed E-state index contributed by atoms with van der Waals surface area (Å²) in [5, 5.41) is 9.71. The minimum absolute atomic E-state index is 0.0296. The van der Waals surface area contributed by atoms with Gasteiger partial charge < -0.3 is 5.32 Å². The fourth-order valence-corrected chi connectivity index (χ4v) is 2.61. The third kappa shape index (κ3) is 2.87. The summed E-state index contributed by atoms with van der Waals surface area (Å²) in [5.41, 5.74) is 1.49. The Morgan fingerprint density at radius 3 is 2.76 bits per heavy atom. The van der Waals surface area contributed by atoms with Crippen LogP contribution in [-0.2, 0) is 0 Å². The molecule has 0 aromatic carbocycles. The van der Waals surface area contributed by atoms with E-state index in [1.54, 1.807) is 6.20 Å². The Hall–Kier alpha value is -1.32. The Balaban J connectivity index is 1.92. The molecule has 0 saturated heterocycles. The summed E-state index contributed by atoms with van der Waals surface area (Å²) < 4.78 is 0. The summed E-state index contributed by atoms with van der Waals surface area (Å²) in [7, 11) is 0. The molecular weight excluding hydrogens is 214 g/mol. The standard InChI is InChI=1S/C13H21N3O/c1-9-8-14-16-12(9)13(17)15-10(2)11-6-4-3-5-7-11/h8,10-11H,3-7H2,1-2H3,(H,14,16)(H,15,17)/t10-/m0/s1. The molecule has 0 spiro atoms. The minimum Gasteiger partial charge on any atom is -0.348 e. The zero-order valence-corrected chi connectivity index (χ0v) is 10.6. The fraction of sp³-hybridized carbons (Fsp3) is 0.692. The van der Waals surface area contributed by atoms with Crippen molar-refractivity contribution in [2.45, 2.75) is 52.0 Å². The van der Waals surface area contributed by atoms with Gasteiger partial charge in [0.05, 0.1) is 6.20 Å². The third-order valence-electron chi connectivity index (χ3n) is 3.77. The topological polar surface area (TPSA) is 57.8 Å². The first-order chi connectivity index (χ1) is 8.18. The molecule has 0 aliphatic heterocycles. The summed E-state index contributed by atoms with van der Waals surface area (Å²) in [4.78, 5) is 12.0. The van der Waals surface area contributed by atoms with Crippen molar-refractivity contribution in [3.05, 3.63) is 17.5 Å². The number of aromatic nitrogens is 2. The van der Waals surface area contributed by atoms with Gasteiger partial charge in [0.2, 0.25) is 0 Å². The van der Waals surface area contributed by atoms with Gasteiger partial charge in [0, 0.05) is 6.04 Å². The Bertz CT molecular complexity index is 380. The first-order valence-electron chi connectivity index (χ1n) is 6.49. The van der Waals surface area contributed by atoms with Gasteiger partial charge in [-0.3, -0.25) is 9.89 Å². The van der Waals surface area contributed by atoms with Gasteiger partial charge in [0.15, 0.2) is 0 Å². The van der Waals surface area contributed by atoms with Crippen molar-refractivity contribution >= 4 is 5.91 Å². The molecule has 4 nitrogen and oxygen atoms in total. The van der Waals surface area contributed by atoms with Crippen LogP contribution in [0.5, 0.6) is 0 Å². The molecule has 0 bridgehead atoms. The van der Waals surface area contributed by atoms with Crippen molar-refractivity contribution < 1.29 is 4.79 Å². The third-order valence-corrected chi connectivity index (χ3v) is 3.77. The van der Waals surface area contributed by atoms with E-state index in [2.05, 4.69) is 22.4 Å². The first kappa shape index (κ1) is 12.1. The van der Waals surface area contributed by atoms with Crippen LogP contribution in [0.2, 0.25) is 0 Å². The normalized spacial score (nSPS) is 18.9. The number of aryl methyl sites for hydroxylation is 1. The number of rotatable bonds is 3. The molecule has 1 heterocycles. The van der Waals surface area contributed by atoms with E-state index in [0.29, 0.717) is 11.6 Å². The van der Waals surface area contributed by atoms with Crippen LogP contribution in [0.1, 0.15) is 55.1 Å². The SMILES string of the molecule is Cc1cn[nH]c1C(=O)N[C@@H](C)C1CCCCC1. The average molecular weight is 235 g/mol. The predicted octanol–water partition coefficient (Wildman–Crippen LogP) is 2.42. The van der Waals surface area contributed by atoms with Crippen molar-refractivity contribution in [1.29, 1.82) is 0 Å². The van der Waals surface area contributed by atoms with Crippen molar-refractivity contribution in [2.24, 2.45) is 5.92 Å². The summed E-state index contributed by atoms with van der Waals surface area (Å²) in [6.07, 6.45) is 8.10. The number of amides is 1. The quantitative estimate of drug-likeness (QED) is 0.845. The Morgan fingerprint density at radius 2 is 2.18 bits per heavy atom. The zero-order valence-electron chi connectivity index (χ0n) is 10.6. The van der Waals surface area contributed by atoms with Crippen molar-refractivity contribution in [1.82, 2.24) is 15.5 Å². The maximum atomic E-state index is 12.0. The molecule has 2 N–H and O–H groups in total. The van der Waals surface area contributed by atoms with E-state index in [0.717, 1.165) is 5.56 Å². The van der Waals surface area contributed by atoms with Gasteiger partial charge in [-0.15, -0.1) is 0 Å². The van der Waals surface area contributed by atoms with Crippen molar-refractivity contribution in [3.63, 3.8) is 0 Å². The van der Waals surface area contributed by atoms with Gasteiger partial charge in [-0.2, -0.15) is 5.10 Å². The molecule has 1 fully saturated rings. The highest BCUT2D eigenvalue weighted by molar-refractivity contribution is 5.93. The molecule has 0 radical (unpaired) electrons. The van der Waals surface area contributed by atoms with Crippen LogP contribution in [0.3, 0.4) is 0 Å². The number of hydrogen-bond acceptors (Lipinski definition) is 2. The number of carbonyl (C=O) groups excluding carboxylic acids is 1. The van der Waals surface area contributed by atoms with Crippen LogP contribution in [-0.4, -0.2) is 22.1 Å². The lowest BCUT2D eigenvalue weighted by atomic mass is 9.84. The predicted molar refractivity (Wildman–Crippen MR) is 66.8 cm³/mol. The molecule has 1 atom stereocenters. The van der Waals surface area contributed by atoms with Gasteiger partial charge in [-0.1, -0.05) is 19.3 Å². The van der Waals surface area contributed by atoms with Gasteiger partial charge in [0.1, 0.15) is 5.69 Å². The van der Waals surface area contributed by atoms with Crippen LogP contribution in [0, 0.1) is 12.8 Å². The lowest BCUT2D eigenvalue weighted by Crippen LogP contribution is -2.39. The molecule has 1 aliphatic rings.